The molecule has 2 rings (SSSR count). The van der Waals surface area contributed by atoms with Gasteiger partial charge in [0.2, 0.25) is 6.41 Å². The Labute approximate surface area is 116 Å². The van der Waals surface area contributed by atoms with Crippen LogP contribution >= 0.6 is 11.3 Å². The third-order valence-electron chi connectivity index (χ3n) is 2.07. The molecule has 0 fully saturated rings. The van der Waals surface area contributed by atoms with Gasteiger partial charge in [0.1, 0.15) is 0 Å². The third kappa shape index (κ3) is 6.03. The van der Waals surface area contributed by atoms with Crippen LogP contribution in [0.1, 0.15) is 21.3 Å². The van der Waals surface area contributed by atoms with Gasteiger partial charge in [-0.1, -0.05) is 0 Å². The fourth-order valence-corrected chi connectivity index (χ4v) is 1.90. The smallest absolute Gasteiger partial charge is 0.207 e. The Morgan fingerprint density at radius 2 is 2.05 bits per heavy atom. The van der Waals surface area contributed by atoms with Crippen LogP contribution in [0.15, 0.2) is 18.6 Å². The van der Waals surface area contributed by atoms with Gasteiger partial charge in [-0.25, -0.2) is 4.98 Å². The highest BCUT2D eigenvalue weighted by Crippen LogP contribution is 2.09. The van der Waals surface area contributed by atoms with E-state index in [9.17, 15) is 4.79 Å². The number of thiazole rings is 1. The predicted octanol–water partition coefficient (Wildman–Crippen LogP) is 0.941. The summed E-state index contributed by atoms with van der Waals surface area (Å²) in [5.41, 5.74) is 7.05. The molecule has 2 heterocycles. The highest BCUT2D eigenvalue weighted by atomic mass is 32.1. The van der Waals surface area contributed by atoms with Crippen LogP contribution in [0.4, 0.5) is 0 Å². The molecule has 102 valence electrons. The SMILES string of the molecule is Cc1cnc(CN)cn1.Cc1ncc(CNC=O)s1. The zero-order valence-corrected chi connectivity index (χ0v) is 11.8. The van der Waals surface area contributed by atoms with E-state index in [1.165, 1.54) is 0 Å². The van der Waals surface area contributed by atoms with E-state index in [1.54, 1.807) is 29.9 Å². The summed E-state index contributed by atoms with van der Waals surface area (Å²) in [6.07, 6.45) is 5.86. The van der Waals surface area contributed by atoms with Crippen molar-refractivity contribution in [2.24, 2.45) is 5.73 Å². The Morgan fingerprint density at radius 1 is 1.26 bits per heavy atom. The Bertz CT molecular complexity index is 497. The van der Waals surface area contributed by atoms with Crippen LogP contribution in [0.3, 0.4) is 0 Å². The molecule has 19 heavy (non-hydrogen) atoms. The molecule has 0 saturated heterocycles. The number of hydrogen-bond donors (Lipinski definition) is 2. The van der Waals surface area contributed by atoms with Crippen LogP contribution in [0, 0.1) is 13.8 Å². The van der Waals surface area contributed by atoms with Crippen molar-refractivity contribution in [2.45, 2.75) is 26.9 Å². The van der Waals surface area contributed by atoms with Gasteiger partial charge in [0.25, 0.3) is 0 Å². The van der Waals surface area contributed by atoms with Crippen LogP contribution in [0.2, 0.25) is 0 Å². The number of nitrogens with zero attached hydrogens (tertiary/aromatic N) is 3. The molecular weight excluding hydrogens is 262 g/mol. The number of hydrogen-bond acceptors (Lipinski definition) is 6. The van der Waals surface area contributed by atoms with Gasteiger partial charge < -0.3 is 11.1 Å². The van der Waals surface area contributed by atoms with Gasteiger partial charge in [0, 0.05) is 30.0 Å². The minimum absolute atomic E-state index is 0.466. The number of nitrogens with one attached hydrogen (secondary N) is 1. The molecule has 0 bridgehead atoms. The monoisotopic (exact) mass is 279 g/mol. The standard InChI is InChI=1S/C6H9N3.C6H8N2OS/c1-5-3-9-6(2-7)4-8-5;1-5-8-3-6(10-5)2-7-4-9/h3-4H,2,7H2,1H3;3-4H,2H2,1H3,(H,7,9). The van der Waals surface area contributed by atoms with Gasteiger partial charge in [-0.3, -0.25) is 14.8 Å². The molecule has 0 saturated carbocycles. The van der Waals surface area contributed by atoms with Crippen molar-refractivity contribution in [3.63, 3.8) is 0 Å². The van der Waals surface area contributed by atoms with E-state index in [2.05, 4.69) is 20.3 Å². The van der Waals surface area contributed by atoms with Gasteiger partial charge in [-0.15, -0.1) is 11.3 Å². The van der Waals surface area contributed by atoms with E-state index in [1.807, 2.05) is 13.8 Å². The minimum Gasteiger partial charge on any atom is -0.354 e. The fraction of sp³-hybridized carbons (Fsp3) is 0.333. The zero-order chi connectivity index (χ0) is 14.1. The van der Waals surface area contributed by atoms with Crippen LogP contribution in [0.5, 0.6) is 0 Å². The zero-order valence-electron chi connectivity index (χ0n) is 11.0. The lowest BCUT2D eigenvalue weighted by molar-refractivity contribution is -0.109. The quantitative estimate of drug-likeness (QED) is 0.812. The first-order valence-electron chi connectivity index (χ1n) is 5.71. The van der Waals surface area contributed by atoms with E-state index in [0.717, 1.165) is 21.3 Å². The average Bonchev–Trinajstić information content (AvgIpc) is 2.84. The molecule has 0 atom stereocenters. The van der Waals surface area contributed by atoms with Crippen molar-refractivity contribution >= 4 is 17.7 Å². The Hall–Kier alpha value is -1.86. The summed E-state index contributed by atoms with van der Waals surface area (Å²) in [5, 5.41) is 3.60. The molecule has 0 aromatic carbocycles. The van der Waals surface area contributed by atoms with E-state index in [0.29, 0.717) is 19.5 Å². The van der Waals surface area contributed by atoms with Crippen molar-refractivity contribution in [1.82, 2.24) is 20.3 Å². The number of aryl methyl sites for hydroxylation is 2. The first-order chi connectivity index (χ1) is 9.15. The molecule has 0 aliphatic heterocycles. The average molecular weight is 279 g/mol. The molecule has 3 N–H and O–H groups in total. The second-order valence-corrected chi connectivity index (χ2v) is 5.02. The third-order valence-corrected chi connectivity index (χ3v) is 2.99. The lowest BCUT2D eigenvalue weighted by Crippen LogP contribution is -2.07. The highest BCUT2D eigenvalue weighted by molar-refractivity contribution is 7.11. The van der Waals surface area contributed by atoms with Gasteiger partial charge >= 0.3 is 0 Å². The molecular formula is C12H17N5OS. The van der Waals surface area contributed by atoms with E-state index in [-0.39, 0.29) is 0 Å². The molecule has 1 amide bonds. The van der Waals surface area contributed by atoms with Gasteiger partial charge in [0.05, 0.1) is 22.9 Å². The maximum Gasteiger partial charge on any atom is 0.207 e. The van der Waals surface area contributed by atoms with Crippen LogP contribution in [-0.4, -0.2) is 21.4 Å². The molecule has 0 aliphatic carbocycles. The normalized spacial score (nSPS) is 9.42. The second-order valence-electron chi connectivity index (χ2n) is 3.70. The lowest BCUT2D eigenvalue weighted by atomic mass is 10.4. The lowest BCUT2D eigenvalue weighted by Gasteiger charge is -1.92. The number of nitrogens with two attached hydrogens (primary N) is 1. The summed E-state index contributed by atoms with van der Waals surface area (Å²) in [6, 6.07) is 0. The molecule has 0 aliphatic rings. The Morgan fingerprint density at radius 3 is 2.53 bits per heavy atom. The van der Waals surface area contributed by atoms with Crippen molar-refractivity contribution in [1.29, 1.82) is 0 Å². The number of amides is 1. The topological polar surface area (TPSA) is 93.8 Å². The van der Waals surface area contributed by atoms with Gasteiger partial charge in [0.15, 0.2) is 0 Å². The summed E-state index contributed by atoms with van der Waals surface area (Å²) in [4.78, 5) is 23.0. The van der Waals surface area contributed by atoms with Gasteiger partial charge in [-0.2, -0.15) is 0 Å². The molecule has 0 radical (unpaired) electrons. The first-order valence-corrected chi connectivity index (χ1v) is 6.53. The molecule has 2 aromatic heterocycles. The first kappa shape index (κ1) is 15.2. The fourth-order valence-electron chi connectivity index (χ4n) is 1.15. The summed E-state index contributed by atoms with van der Waals surface area (Å²) in [6.45, 7) is 4.89. The molecule has 0 unspecified atom stereocenters. The minimum atomic E-state index is 0.466. The van der Waals surface area contributed by atoms with Crippen LogP contribution < -0.4 is 11.1 Å². The Kier molecular flexibility index (Phi) is 6.62. The molecule has 6 nitrogen and oxygen atoms in total. The molecule has 0 spiro atoms. The van der Waals surface area contributed by atoms with E-state index >= 15 is 0 Å². The summed E-state index contributed by atoms with van der Waals surface area (Å²) in [7, 11) is 0. The predicted molar refractivity (Wildman–Crippen MR) is 74.4 cm³/mol. The molecule has 7 heteroatoms. The maximum absolute atomic E-state index is 9.86. The summed E-state index contributed by atoms with van der Waals surface area (Å²) in [5.74, 6) is 0. The number of carbonyl (C=O) groups excluding carboxylic acids is 1. The van der Waals surface area contributed by atoms with Crippen LogP contribution in [0.25, 0.3) is 0 Å². The summed E-state index contributed by atoms with van der Waals surface area (Å²) < 4.78 is 0. The molecule has 2 aromatic rings. The van der Waals surface area contributed by atoms with Crippen LogP contribution in [-0.2, 0) is 17.9 Å². The number of rotatable bonds is 4. The highest BCUT2D eigenvalue weighted by Gasteiger charge is 1.94. The number of carbonyl (C=O) groups is 1. The largest absolute Gasteiger partial charge is 0.354 e. The van der Waals surface area contributed by atoms with E-state index in [4.69, 9.17) is 5.73 Å². The second kappa shape index (κ2) is 8.28. The van der Waals surface area contributed by atoms with Crippen molar-refractivity contribution in [3.8, 4) is 0 Å². The van der Waals surface area contributed by atoms with Crippen molar-refractivity contribution in [3.05, 3.63) is 39.9 Å². The van der Waals surface area contributed by atoms with Crippen molar-refractivity contribution < 1.29 is 4.79 Å². The Balaban J connectivity index is 0.000000191. The van der Waals surface area contributed by atoms with E-state index < -0.39 is 0 Å². The van der Waals surface area contributed by atoms with Gasteiger partial charge in [-0.05, 0) is 13.8 Å². The van der Waals surface area contributed by atoms with Crippen molar-refractivity contribution in [2.75, 3.05) is 0 Å². The summed E-state index contributed by atoms with van der Waals surface area (Å²) >= 11 is 1.60. The number of aromatic nitrogens is 3. The maximum atomic E-state index is 9.86.